The topological polar surface area (TPSA) is 74.7 Å². The zero-order valence-electron chi connectivity index (χ0n) is 20.9. The first-order valence-corrected chi connectivity index (χ1v) is 13.6. The summed E-state index contributed by atoms with van der Waals surface area (Å²) >= 11 is 7.58. The van der Waals surface area contributed by atoms with Gasteiger partial charge < -0.3 is 9.64 Å². The van der Waals surface area contributed by atoms with Crippen LogP contribution in [-0.4, -0.2) is 53.5 Å². The summed E-state index contributed by atoms with van der Waals surface area (Å²) in [6, 6.07) is 9.26. The molecule has 1 aliphatic heterocycles. The van der Waals surface area contributed by atoms with E-state index < -0.39 is 29.1 Å². The number of nitrogens with zero attached hydrogens (tertiary/aromatic N) is 2. The highest BCUT2D eigenvalue weighted by atomic mass is 35.5. The van der Waals surface area contributed by atoms with Crippen LogP contribution >= 0.6 is 23.4 Å². The third kappa shape index (κ3) is 6.20. The molecule has 204 valence electrons. The van der Waals surface area contributed by atoms with Crippen LogP contribution in [0, 0.1) is 17.0 Å². The molecule has 11 heteroatoms. The molecule has 1 aromatic heterocycles. The molecule has 0 spiro atoms. The van der Waals surface area contributed by atoms with Crippen molar-refractivity contribution in [3.8, 4) is 5.75 Å². The van der Waals surface area contributed by atoms with Gasteiger partial charge in [-0.05, 0) is 69.1 Å². The third-order valence-corrected chi connectivity index (χ3v) is 8.55. The van der Waals surface area contributed by atoms with Crippen LogP contribution in [0.1, 0.15) is 37.4 Å². The minimum Gasteiger partial charge on any atom is -0.497 e. The Morgan fingerprint density at radius 1 is 1.29 bits per heavy atom. The van der Waals surface area contributed by atoms with Crippen molar-refractivity contribution < 1.29 is 27.9 Å². The van der Waals surface area contributed by atoms with Crippen LogP contribution in [0.2, 0.25) is 5.02 Å². The van der Waals surface area contributed by atoms with Crippen LogP contribution in [0.4, 0.5) is 13.2 Å². The number of fused-ring (bicyclic) bond motifs is 1. The number of nitrogens with one attached hydrogen (secondary N) is 1. The SMILES string of the molecule is COc1ccc2ncc(Cl)c([C@H](F)CCC3(C(=O)NO)CCN(CCSc4cccc(F)c4F)CC3)c2c1. The van der Waals surface area contributed by atoms with E-state index in [1.54, 1.807) is 23.7 Å². The molecule has 1 atom stereocenters. The summed E-state index contributed by atoms with van der Waals surface area (Å²) in [6.45, 7) is 1.71. The highest BCUT2D eigenvalue weighted by Gasteiger charge is 2.41. The van der Waals surface area contributed by atoms with Gasteiger partial charge in [0.2, 0.25) is 5.91 Å². The Labute approximate surface area is 228 Å². The Hall–Kier alpha value is -2.53. The number of aromatic nitrogens is 1. The van der Waals surface area contributed by atoms with Crippen molar-refractivity contribution in [3.63, 3.8) is 0 Å². The van der Waals surface area contributed by atoms with Crippen molar-refractivity contribution in [1.82, 2.24) is 15.4 Å². The number of thioether (sulfide) groups is 1. The van der Waals surface area contributed by atoms with Gasteiger partial charge >= 0.3 is 0 Å². The first-order valence-electron chi connectivity index (χ1n) is 12.3. The van der Waals surface area contributed by atoms with Gasteiger partial charge in [-0.25, -0.2) is 18.7 Å². The summed E-state index contributed by atoms with van der Waals surface area (Å²) in [5.74, 6) is -1.16. The van der Waals surface area contributed by atoms with Crippen molar-refractivity contribution in [3.05, 3.63) is 64.8 Å². The van der Waals surface area contributed by atoms with Crippen LogP contribution in [0.25, 0.3) is 10.9 Å². The van der Waals surface area contributed by atoms with E-state index in [-0.39, 0.29) is 22.8 Å². The molecule has 6 nitrogen and oxygen atoms in total. The van der Waals surface area contributed by atoms with Gasteiger partial charge in [0.05, 0.1) is 23.1 Å². The number of pyridine rings is 1. The number of benzene rings is 2. The first-order chi connectivity index (χ1) is 18.3. The Bertz CT molecular complexity index is 1290. The van der Waals surface area contributed by atoms with Crippen LogP contribution in [0.3, 0.4) is 0 Å². The number of likely N-dealkylation sites (tertiary alicyclic amines) is 1. The number of hydrogen-bond acceptors (Lipinski definition) is 6. The lowest BCUT2D eigenvalue weighted by atomic mass is 9.73. The fourth-order valence-corrected chi connectivity index (χ4v) is 6.19. The molecule has 3 aromatic rings. The molecular formula is C27H29ClF3N3O3S. The van der Waals surface area contributed by atoms with Crippen molar-refractivity contribution in [2.45, 2.75) is 36.8 Å². The highest BCUT2D eigenvalue weighted by molar-refractivity contribution is 7.99. The number of hydroxylamine groups is 1. The molecule has 0 saturated carbocycles. The van der Waals surface area contributed by atoms with E-state index >= 15 is 4.39 Å². The van der Waals surface area contributed by atoms with Gasteiger partial charge in [0, 0.05) is 34.3 Å². The zero-order valence-corrected chi connectivity index (χ0v) is 22.4. The minimum absolute atomic E-state index is 0.0260. The first kappa shape index (κ1) is 28.5. The summed E-state index contributed by atoms with van der Waals surface area (Å²) in [5, 5.41) is 10.2. The van der Waals surface area contributed by atoms with E-state index in [1.165, 1.54) is 37.2 Å². The van der Waals surface area contributed by atoms with Gasteiger partial charge in [0.25, 0.3) is 0 Å². The van der Waals surface area contributed by atoms with Crippen LogP contribution in [0.5, 0.6) is 5.75 Å². The molecular weight excluding hydrogens is 539 g/mol. The smallest absolute Gasteiger partial charge is 0.249 e. The Balaban J connectivity index is 1.40. The molecule has 1 aliphatic rings. The largest absolute Gasteiger partial charge is 0.497 e. The number of hydrogen-bond donors (Lipinski definition) is 2. The normalized spacial score (nSPS) is 16.4. The number of piperidine rings is 1. The maximum absolute atomic E-state index is 15.7. The Kier molecular flexibility index (Phi) is 9.40. The number of rotatable bonds is 10. The van der Waals surface area contributed by atoms with Crippen molar-refractivity contribution >= 4 is 40.2 Å². The summed E-state index contributed by atoms with van der Waals surface area (Å²) in [5.41, 5.74) is 1.72. The van der Waals surface area contributed by atoms with Gasteiger partial charge in [-0.1, -0.05) is 17.7 Å². The second-order valence-electron chi connectivity index (χ2n) is 9.37. The quantitative estimate of drug-likeness (QED) is 0.169. The second-order valence-corrected chi connectivity index (χ2v) is 10.9. The van der Waals surface area contributed by atoms with Gasteiger partial charge in [-0.2, -0.15) is 0 Å². The van der Waals surface area contributed by atoms with E-state index in [0.29, 0.717) is 60.4 Å². The standard InChI is InChI=1S/C27H29ClF3N3O3S/c1-37-17-5-6-22-18(15-17)24(19(28)16-32-22)20(29)7-8-27(26(35)33-36)9-11-34(12-10-27)13-14-38-23-4-2-3-21(30)25(23)31/h2-6,15-16,20,36H,7-14H2,1H3,(H,33,35)/t20-/m1/s1. The molecule has 1 amide bonds. The fraction of sp³-hybridized carbons (Fsp3) is 0.407. The van der Waals surface area contributed by atoms with E-state index in [9.17, 15) is 18.8 Å². The fourth-order valence-electron chi connectivity index (χ4n) is 4.95. The predicted molar refractivity (Wildman–Crippen MR) is 142 cm³/mol. The van der Waals surface area contributed by atoms with Crippen LogP contribution in [-0.2, 0) is 4.79 Å². The number of ether oxygens (including phenoxy) is 1. The molecule has 4 rings (SSSR count). The van der Waals surface area contributed by atoms with E-state index in [0.717, 1.165) is 6.07 Å². The van der Waals surface area contributed by atoms with E-state index in [1.807, 2.05) is 0 Å². The summed E-state index contributed by atoms with van der Waals surface area (Å²) in [7, 11) is 1.52. The third-order valence-electron chi connectivity index (χ3n) is 7.24. The average molecular weight is 568 g/mol. The van der Waals surface area contributed by atoms with Gasteiger partial charge in [-0.15, -0.1) is 11.8 Å². The minimum atomic E-state index is -1.46. The average Bonchev–Trinajstić information content (AvgIpc) is 2.93. The summed E-state index contributed by atoms with van der Waals surface area (Å²) in [6.07, 6.45) is 1.03. The molecule has 1 fully saturated rings. The van der Waals surface area contributed by atoms with Gasteiger partial charge in [0.1, 0.15) is 11.9 Å². The zero-order chi connectivity index (χ0) is 27.3. The second kappa shape index (κ2) is 12.5. The van der Waals surface area contributed by atoms with E-state index in [2.05, 4.69) is 9.88 Å². The number of alkyl halides is 1. The number of amides is 1. The lowest BCUT2D eigenvalue weighted by Gasteiger charge is -2.40. The molecule has 0 unspecified atom stereocenters. The van der Waals surface area contributed by atoms with Crippen molar-refractivity contribution in [1.29, 1.82) is 0 Å². The molecule has 2 aromatic carbocycles. The number of halogens is 4. The monoisotopic (exact) mass is 567 g/mol. The molecule has 0 radical (unpaired) electrons. The molecule has 38 heavy (non-hydrogen) atoms. The number of methoxy groups -OCH3 is 1. The predicted octanol–water partition coefficient (Wildman–Crippen LogP) is 6.35. The maximum Gasteiger partial charge on any atom is 0.249 e. The highest BCUT2D eigenvalue weighted by Crippen LogP contribution is 2.42. The van der Waals surface area contributed by atoms with Gasteiger partial charge in [0.15, 0.2) is 11.6 Å². The van der Waals surface area contributed by atoms with Crippen molar-refractivity contribution in [2.75, 3.05) is 32.5 Å². The maximum atomic E-state index is 15.7. The molecule has 2 heterocycles. The van der Waals surface area contributed by atoms with Gasteiger partial charge in [-0.3, -0.25) is 15.0 Å². The molecule has 0 bridgehead atoms. The lowest BCUT2D eigenvalue weighted by molar-refractivity contribution is -0.143. The summed E-state index contributed by atoms with van der Waals surface area (Å²) in [4.78, 5) is 19.4. The molecule has 2 N–H and O–H groups in total. The lowest BCUT2D eigenvalue weighted by Crippen LogP contribution is -2.48. The van der Waals surface area contributed by atoms with Crippen molar-refractivity contribution in [2.24, 2.45) is 5.41 Å². The number of carbonyl (C=O) groups excluding carboxylic acids is 1. The molecule has 0 aliphatic carbocycles. The molecule has 1 saturated heterocycles. The van der Waals surface area contributed by atoms with Crippen LogP contribution < -0.4 is 10.2 Å². The summed E-state index contributed by atoms with van der Waals surface area (Å²) < 4.78 is 48.3. The Morgan fingerprint density at radius 3 is 2.76 bits per heavy atom. The number of carbonyl (C=O) groups is 1. The van der Waals surface area contributed by atoms with Crippen LogP contribution in [0.15, 0.2) is 47.5 Å². The van der Waals surface area contributed by atoms with E-state index in [4.69, 9.17) is 16.3 Å². The Morgan fingerprint density at radius 2 is 2.05 bits per heavy atom.